The van der Waals surface area contributed by atoms with Crippen molar-refractivity contribution in [2.75, 3.05) is 7.11 Å². The highest BCUT2D eigenvalue weighted by atomic mass is 35.5. The Labute approximate surface area is 117 Å². The average Bonchev–Trinajstić information content (AvgIpc) is 2.48. The fourth-order valence-corrected chi connectivity index (χ4v) is 1.76. The summed E-state index contributed by atoms with van der Waals surface area (Å²) >= 11 is 5.72. The van der Waals surface area contributed by atoms with Crippen molar-refractivity contribution >= 4 is 11.6 Å². The standard InChI is InChI=1S/C14H15ClN2O2/c1-3-10-4-5-12(13(6-10)18-2)19-14-9-16-8-11(7-15)17-14/h4-6,8-9H,3,7H2,1-2H3. The number of nitrogens with zero attached hydrogens (tertiary/aromatic N) is 2. The normalized spacial score (nSPS) is 10.3. The van der Waals surface area contributed by atoms with E-state index in [2.05, 4.69) is 16.9 Å². The topological polar surface area (TPSA) is 44.2 Å². The minimum Gasteiger partial charge on any atom is -0.493 e. The van der Waals surface area contributed by atoms with Crippen LogP contribution in [0.3, 0.4) is 0 Å². The zero-order valence-corrected chi connectivity index (χ0v) is 11.6. The predicted octanol–water partition coefficient (Wildman–Crippen LogP) is 3.58. The summed E-state index contributed by atoms with van der Waals surface area (Å²) in [5.74, 6) is 2.00. The molecule has 0 aliphatic rings. The molecule has 0 bridgehead atoms. The summed E-state index contributed by atoms with van der Waals surface area (Å²) < 4.78 is 11.0. The van der Waals surface area contributed by atoms with Crippen molar-refractivity contribution in [3.8, 4) is 17.4 Å². The summed E-state index contributed by atoms with van der Waals surface area (Å²) in [5.41, 5.74) is 1.85. The van der Waals surface area contributed by atoms with Gasteiger partial charge in [-0.15, -0.1) is 11.6 Å². The molecule has 1 aromatic carbocycles. The molecule has 0 aliphatic carbocycles. The molecular weight excluding hydrogens is 264 g/mol. The van der Waals surface area contributed by atoms with Crippen molar-refractivity contribution in [3.63, 3.8) is 0 Å². The first-order valence-corrected chi connectivity index (χ1v) is 6.52. The molecule has 19 heavy (non-hydrogen) atoms. The van der Waals surface area contributed by atoms with Crippen molar-refractivity contribution < 1.29 is 9.47 Å². The van der Waals surface area contributed by atoms with Crippen LogP contribution in [-0.4, -0.2) is 17.1 Å². The van der Waals surface area contributed by atoms with E-state index in [1.165, 1.54) is 5.56 Å². The molecule has 1 aromatic heterocycles. The van der Waals surface area contributed by atoms with Crippen LogP contribution < -0.4 is 9.47 Å². The molecule has 0 spiro atoms. The van der Waals surface area contributed by atoms with Gasteiger partial charge in [0.15, 0.2) is 11.5 Å². The van der Waals surface area contributed by atoms with Crippen LogP contribution in [0.4, 0.5) is 0 Å². The smallest absolute Gasteiger partial charge is 0.238 e. The van der Waals surface area contributed by atoms with Crippen LogP contribution in [0, 0.1) is 0 Å². The third-order valence-corrected chi connectivity index (χ3v) is 2.92. The number of aryl methyl sites for hydroxylation is 1. The van der Waals surface area contributed by atoms with Gasteiger partial charge in [0.25, 0.3) is 0 Å². The minimum atomic E-state index is 0.302. The van der Waals surface area contributed by atoms with Crippen LogP contribution in [0.25, 0.3) is 0 Å². The summed E-state index contributed by atoms with van der Waals surface area (Å²) in [6, 6.07) is 5.82. The first-order chi connectivity index (χ1) is 9.26. The number of methoxy groups -OCH3 is 1. The van der Waals surface area contributed by atoms with Gasteiger partial charge in [0.1, 0.15) is 0 Å². The number of halogens is 1. The summed E-state index contributed by atoms with van der Waals surface area (Å²) in [4.78, 5) is 8.26. The third-order valence-electron chi connectivity index (χ3n) is 2.65. The first-order valence-electron chi connectivity index (χ1n) is 5.98. The molecule has 0 radical (unpaired) electrons. The van der Waals surface area contributed by atoms with Gasteiger partial charge < -0.3 is 9.47 Å². The number of hydrogen-bond donors (Lipinski definition) is 0. The lowest BCUT2D eigenvalue weighted by Gasteiger charge is -2.11. The van der Waals surface area contributed by atoms with Crippen LogP contribution in [-0.2, 0) is 12.3 Å². The lowest BCUT2D eigenvalue weighted by Crippen LogP contribution is -1.96. The second-order valence-electron chi connectivity index (χ2n) is 3.92. The van der Waals surface area contributed by atoms with Gasteiger partial charge in [0.05, 0.1) is 24.9 Å². The lowest BCUT2D eigenvalue weighted by atomic mass is 10.1. The summed E-state index contributed by atoms with van der Waals surface area (Å²) in [6.45, 7) is 2.09. The highest BCUT2D eigenvalue weighted by Crippen LogP contribution is 2.31. The van der Waals surface area contributed by atoms with E-state index >= 15 is 0 Å². The van der Waals surface area contributed by atoms with E-state index in [0.29, 0.717) is 29.0 Å². The number of aromatic nitrogens is 2. The van der Waals surface area contributed by atoms with Crippen LogP contribution in [0.15, 0.2) is 30.6 Å². The Morgan fingerprint density at radius 2 is 2.05 bits per heavy atom. The Kier molecular flexibility index (Phi) is 4.58. The molecule has 0 saturated heterocycles. The maximum absolute atomic E-state index is 5.72. The SMILES string of the molecule is CCc1ccc(Oc2cncc(CCl)n2)c(OC)c1. The van der Waals surface area contributed by atoms with E-state index in [9.17, 15) is 0 Å². The Morgan fingerprint density at radius 3 is 2.74 bits per heavy atom. The quantitative estimate of drug-likeness (QED) is 0.784. The highest BCUT2D eigenvalue weighted by Gasteiger charge is 2.08. The molecule has 0 aliphatic heterocycles. The molecule has 100 valence electrons. The monoisotopic (exact) mass is 278 g/mol. The van der Waals surface area contributed by atoms with Crippen molar-refractivity contribution in [1.82, 2.24) is 9.97 Å². The van der Waals surface area contributed by atoms with Crippen molar-refractivity contribution in [2.24, 2.45) is 0 Å². The van der Waals surface area contributed by atoms with E-state index < -0.39 is 0 Å². The molecule has 0 fully saturated rings. The van der Waals surface area contributed by atoms with E-state index in [1.54, 1.807) is 19.5 Å². The molecule has 2 aromatic rings. The Hall–Kier alpha value is -1.81. The average molecular weight is 279 g/mol. The molecule has 0 amide bonds. The van der Waals surface area contributed by atoms with Crippen LogP contribution in [0.2, 0.25) is 0 Å². The Balaban J connectivity index is 2.26. The third kappa shape index (κ3) is 3.35. The molecule has 0 atom stereocenters. The summed E-state index contributed by atoms with van der Waals surface area (Å²) in [6.07, 6.45) is 4.10. The molecule has 5 heteroatoms. The number of rotatable bonds is 5. The van der Waals surface area contributed by atoms with E-state index in [0.717, 1.165) is 6.42 Å². The van der Waals surface area contributed by atoms with E-state index in [1.807, 2.05) is 18.2 Å². The molecule has 1 heterocycles. The zero-order chi connectivity index (χ0) is 13.7. The fraction of sp³-hybridized carbons (Fsp3) is 0.286. The fourth-order valence-electron chi connectivity index (χ4n) is 1.63. The number of ether oxygens (including phenoxy) is 2. The van der Waals surface area contributed by atoms with Gasteiger partial charge in [-0.05, 0) is 24.1 Å². The van der Waals surface area contributed by atoms with Crippen molar-refractivity contribution in [2.45, 2.75) is 19.2 Å². The Morgan fingerprint density at radius 1 is 1.21 bits per heavy atom. The van der Waals surface area contributed by atoms with Gasteiger partial charge in [-0.3, -0.25) is 4.98 Å². The van der Waals surface area contributed by atoms with Crippen LogP contribution in [0.5, 0.6) is 17.4 Å². The Bertz CT molecular complexity index is 561. The first kappa shape index (κ1) is 13.6. The van der Waals surface area contributed by atoms with Gasteiger partial charge in [0, 0.05) is 6.20 Å². The summed E-state index contributed by atoms with van der Waals surface area (Å²) in [5, 5.41) is 0. The molecular formula is C14H15ClN2O2. The van der Waals surface area contributed by atoms with Gasteiger partial charge in [-0.2, -0.15) is 0 Å². The summed E-state index contributed by atoms with van der Waals surface area (Å²) in [7, 11) is 1.61. The lowest BCUT2D eigenvalue weighted by molar-refractivity contribution is 0.372. The molecule has 0 saturated carbocycles. The largest absolute Gasteiger partial charge is 0.493 e. The zero-order valence-electron chi connectivity index (χ0n) is 10.9. The molecule has 0 N–H and O–H groups in total. The second-order valence-corrected chi connectivity index (χ2v) is 4.19. The molecule has 2 rings (SSSR count). The van der Waals surface area contributed by atoms with Gasteiger partial charge in [-0.1, -0.05) is 13.0 Å². The van der Waals surface area contributed by atoms with Crippen LogP contribution >= 0.6 is 11.6 Å². The van der Waals surface area contributed by atoms with Crippen molar-refractivity contribution in [3.05, 3.63) is 41.9 Å². The van der Waals surface area contributed by atoms with Crippen LogP contribution in [0.1, 0.15) is 18.2 Å². The predicted molar refractivity (Wildman–Crippen MR) is 74.0 cm³/mol. The number of alkyl halides is 1. The maximum atomic E-state index is 5.72. The van der Waals surface area contributed by atoms with Crippen molar-refractivity contribution in [1.29, 1.82) is 0 Å². The van der Waals surface area contributed by atoms with Gasteiger partial charge in [0.2, 0.25) is 5.88 Å². The molecule has 0 unspecified atom stereocenters. The maximum Gasteiger partial charge on any atom is 0.238 e. The highest BCUT2D eigenvalue weighted by molar-refractivity contribution is 6.16. The molecule has 4 nitrogen and oxygen atoms in total. The van der Waals surface area contributed by atoms with Gasteiger partial charge >= 0.3 is 0 Å². The second kappa shape index (κ2) is 6.38. The van der Waals surface area contributed by atoms with Gasteiger partial charge in [-0.25, -0.2) is 4.98 Å². The van der Waals surface area contributed by atoms with E-state index in [-0.39, 0.29) is 0 Å². The van der Waals surface area contributed by atoms with E-state index in [4.69, 9.17) is 21.1 Å². The number of benzene rings is 1. The number of hydrogen-bond acceptors (Lipinski definition) is 4. The minimum absolute atomic E-state index is 0.302.